The number of benzene rings is 1. The molecule has 1 aromatic carbocycles. The molecule has 1 atom stereocenters. The summed E-state index contributed by atoms with van der Waals surface area (Å²) >= 11 is 0. The Bertz CT molecular complexity index is 1440. The average molecular weight is 494 g/mol. The van der Waals surface area contributed by atoms with Crippen molar-refractivity contribution in [3.63, 3.8) is 0 Å². The molecule has 11 nitrogen and oxygen atoms in total. The lowest BCUT2D eigenvalue weighted by Gasteiger charge is -2.47. The van der Waals surface area contributed by atoms with Crippen LogP contribution in [0.25, 0.3) is 5.65 Å². The molecule has 1 saturated heterocycles. The minimum Gasteiger partial charge on any atom is -0.426 e. The fourth-order valence-electron chi connectivity index (χ4n) is 4.15. The number of halogens is 1. The first kappa shape index (κ1) is 23.4. The lowest BCUT2D eigenvalue weighted by molar-refractivity contribution is -0.150. The molecule has 0 radical (unpaired) electrons. The van der Waals surface area contributed by atoms with Gasteiger partial charge in [0.2, 0.25) is 5.91 Å². The van der Waals surface area contributed by atoms with Crippen molar-refractivity contribution in [3.05, 3.63) is 58.8 Å². The third-order valence-corrected chi connectivity index (χ3v) is 6.07. The van der Waals surface area contributed by atoms with Gasteiger partial charge in [-0.2, -0.15) is 5.10 Å². The number of aromatic nitrogens is 3. The van der Waals surface area contributed by atoms with Gasteiger partial charge in [-0.15, -0.1) is 0 Å². The van der Waals surface area contributed by atoms with Crippen LogP contribution >= 0.6 is 0 Å². The van der Waals surface area contributed by atoms with Crippen LogP contribution in [0.5, 0.6) is 5.75 Å². The average Bonchev–Trinajstić information content (AvgIpc) is 3.38. The van der Waals surface area contributed by atoms with Crippen molar-refractivity contribution in [2.24, 2.45) is 0 Å². The number of amides is 3. The Morgan fingerprint density at radius 3 is 2.69 bits per heavy atom. The first-order valence-electron chi connectivity index (χ1n) is 11.3. The van der Waals surface area contributed by atoms with Crippen LogP contribution in [0.15, 0.2) is 30.5 Å². The molecule has 0 bridgehead atoms. The van der Waals surface area contributed by atoms with E-state index in [0.717, 1.165) is 21.8 Å². The second-order valence-corrected chi connectivity index (χ2v) is 9.68. The molecule has 12 heteroatoms. The molecule has 0 spiro atoms. The molecule has 0 unspecified atom stereocenters. The fraction of sp³-hybridized carbons (Fsp3) is 0.333. The van der Waals surface area contributed by atoms with Crippen LogP contribution < -0.4 is 15.4 Å². The number of ether oxygens (including phenoxy) is 1. The second kappa shape index (κ2) is 8.40. The number of esters is 1. The summed E-state index contributed by atoms with van der Waals surface area (Å²) in [5, 5.41) is 9.15. The van der Waals surface area contributed by atoms with E-state index in [4.69, 9.17) is 4.74 Å². The minimum absolute atomic E-state index is 0.107. The van der Waals surface area contributed by atoms with Crippen LogP contribution in [-0.2, 0) is 22.6 Å². The molecule has 3 aromatic rings. The van der Waals surface area contributed by atoms with Crippen molar-refractivity contribution in [1.29, 1.82) is 0 Å². The lowest BCUT2D eigenvalue weighted by atomic mass is 9.96. The van der Waals surface area contributed by atoms with E-state index >= 15 is 0 Å². The number of nitrogens with one attached hydrogen (secondary N) is 2. The predicted molar refractivity (Wildman–Crippen MR) is 123 cm³/mol. The highest BCUT2D eigenvalue weighted by Crippen LogP contribution is 2.27. The zero-order valence-corrected chi connectivity index (χ0v) is 19.8. The zero-order valence-electron chi connectivity index (χ0n) is 19.8. The monoisotopic (exact) mass is 494 g/mol. The number of fused-ring (bicyclic) bond motifs is 2. The molecular weight excluding hydrogens is 471 g/mol. The van der Waals surface area contributed by atoms with E-state index in [2.05, 4.69) is 20.7 Å². The first-order valence-corrected chi connectivity index (χ1v) is 11.3. The van der Waals surface area contributed by atoms with Crippen molar-refractivity contribution in [2.75, 3.05) is 6.54 Å². The minimum atomic E-state index is -0.805. The smallest absolute Gasteiger partial charge is 0.315 e. The molecule has 3 amide bonds. The summed E-state index contributed by atoms with van der Waals surface area (Å²) in [4.78, 5) is 55.4. The molecule has 0 aliphatic carbocycles. The van der Waals surface area contributed by atoms with E-state index in [9.17, 15) is 23.6 Å². The SMILES string of the molecule is CC(C)(C)N1C[C@H](NC(=O)c2cc(C(=O)NCc3ccc4c(c3)CC(=O)O4)nc3c(F)cnn23)C1=O. The number of hydrogen-bond donors (Lipinski definition) is 2. The molecular formula is C24H23FN6O5. The zero-order chi connectivity index (χ0) is 25.8. The van der Waals surface area contributed by atoms with Gasteiger partial charge < -0.3 is 20.3 Å². The van der Waals surface area contributed by atoms with Crippen molar-refractivity contribution in [2.45, 2.75) is 45.3 Å². The quantitative estimate of drug-likeness (QED) is 0.307. The Kier molecular flexibility index (Phi) is 5.46. The van der Waals surface area contributed by atoms with Crippen molar-refractivity contribution >= 4 is 29.3 Å². The highest BCUT2D eigenvalue weighted by Gasteiger charge is 2.43. The molecule has 2 aromatic heterocycles. The normalized spacial score (nSPS) is 17.0. The summed E-state index contributed by atoms with van der Waals surface area (Å²) in [7, 11) is 0. The van der Waals surface area contributed by atoms with Crippen molar-refractivity contribution in [1.82, 2.24) is 30.1 Å². The topological polar surface area (TPSA) is 135 Å². The van der Waals surface area contributed by atoms with E-state index in [1.165, 1.54) is 6.07 Å². The number of likely N-dealkylation sites (tertiary alicyclic amines) is 1. The number of nitrogens with zero attached hydrogens (tertiary/aromatic N) is 4. The summed E-state index contributed by atoms with van der Waals surface area (Å²) in [6.07, 6.45) is 1.05. The van der Waals surface area contributed by atoms with Gasteiger partial charge in [0.05, 0.1) is 19.2 Å². The molecule has 0 saturated carbocycles. The van der Waals surface area contributed by atoms with Gasteiger partial charge in [-0.3, -0.25) is 19.2 Å². The molecule has 1 fully saturated rings. The van der Waals surface area contributed by atoms with Crippen LogP contribution in [0.2, 0.25) is 0 Å². The van der Waals surface area contributed by atoms with E-state index in [1.807, 2.05) is 20.8 Å². The standard InChI is InChI=1S/C24H23FN6O5/c1-24(2,3)30-11-16(23(30)35)29-22(34)17-8-15(28-20-14(25)10-27-31(17)20)21(33)26-9-12-4-5-18-13(6-12)7-19(32)36-18/h4-6,8,10,16H,7,9,11H2,1-3H3,(H,26,33)(H,29,34)/t16-/m0/s1. The number of β-lactam (4-membered cyclic amide) rings is 1. The Labute approximate surface area is 204 Å². The summed E-state index contributed by atoms with van der Waals surface area (Å²) in [5.74, 6) is -2.21. The second-order valence-electron chi connectivity index (χ2n) is 9.68. The van der Waals surface area contributed by atoms with Gasteiger partial charge in [-0.25, -0.2) is 13.9 Å². The maximum atomic E-state index is 14.3. The van der Waals surface area contributed by atoms with Gasteiger partial charge in [-0.05, 0) is 38.5 Å². The Balaban J connectivity index is 1.34. The number of hydrogen-bond acceptors (Lipinski definition) is 7. The molecule has 36 heavy (non-hydrogen) atoms. The number of carbonyl (C=O) groups is 4. The lowest BCUT2D eigenvalue weighted by Crippen LogP contribution is -2.68. The first-order chi connectivity index (χ1) is 17.0. The van der Waals surface area contributed by atoms with Gasteiger partial charge in [-0.1, -0.05) is 6.07 Å². The van der Waals surface area contributed by atoms with Crippen LogP contribution in [0.3, 0.4) is 0 Å². The third kappa shape index (κ3) is 4.14. The van der Waals surface area contributed by atoms with Gasteiger partial charge in [0, 0.05) is 23.7 Å². The predicted octanol–water partition coefficient (Wildman–Crippen LogP) is 0.999. The van der Waals surface area contributed by atoms with Crippen LogP contribution in [-0.4, -0.2) is 61.3 Å². The molecule has 186 valence electrons. The van der Waals surface area contributed by atoms with Crippen molar-refractivity contribution in [3.8, 4) is 5.75 Å². The molecule has 2 aliphatic heterocycles. The highest BCUT2D eigenvalue weighted by atomic mass is 19.1. The third-order valence-electron chi connectivity index (χ3n) is 6.07. The Hall–Kier alpha value is -4.35. The van der Waals surface area contributed by atoms with Crippen LogP contribution in [0.1, 0.15) is 52.9 Å². The highest BCUT2D eigenvalue weighted by molar-refractivity contribution is 6.01. The Morgan fingerprint density at radius 2 is 1.97 bits per heavy atom. The summed E-state index contributed by atoms with van der Waals surface area (Å²) < 4.78 is 20.4. The van der Waals surface area contributed by atoms with Crippen LogP contribution in [0.4, 0.5) is 4.39 Å². The van der Waals surface area contributed by atoms with Crippen LogP contribution in [0, 0.1) is 5.82 Å². The molecule has 2 aliphatic rings. The van der Waals surface area contributed by atoms with E-state index < -0.39 is 23.7 Å². The molecule has 5 rings (SSSR count). The fourth-order valence-corrected chi connectivity index (χ4v) is 4.15. The largest absolute Gasteiger partial charge is 0.426 e. The summed E-state index contributed by atoms with van der Waals surface area (Å²) in [5.41, 5.74) is 0.452. The van der Waals surface area contributed by atoms with E-state index in [-0.39, 0.29) is 47.4 Å². The summed E-state index contributed by atoms with van der Waals surface area (Å²) in [6, 6.07) is 5.58. The maximum Gasteiger partial charge on any atom is 0.315 e. The van der Waals surface area contributed by atoms with Gasteiger partial charge in [0.1, 0.15) is 23.2 Å². The number of rotatable bonds is 5. The summed E-state index contributed by atoms with van der Waals surface area (Å²) in [6.45, 7) is 6.12. The van der Waals surface area contributed by atoms with E-state index in [0.29, 0.717) is 12.3 Å². The van der Waals surface area contributed by atoms with Crippen molar-refractivity contribution < 1.29 is 28.3 Å². The Morgan fingerprint density at radius 1 is 1.19 bits per heavy atom. The van der Waals surface area contributed by atoms with Gasteiger partial charge in [0.15, 0.2) is 11.5 Å². The molecule has 2 N–H and O–H groups in total. The molecule has 4 heterocycles. The number of carbonyl (C=O) groups excluding carboxylic acids is 4. The van der Waals surface area contributed by atoms with Gasteiger partial charge >= 0.3 is 5.97 Å². The maximum absolute atomic E-state index is 14.3. The van der Waals surface area contributed by atoms with E-state index in [1.54, 1.807) is 23.1 Å². The van der Waals surface area contributed by atoms with Gasteiger partial charge in [0.25, 0.3) is 11.8 Å².